The Morgan fingerprint density at radius 2 is 2.00 bits per heavy atom. The van der Waals surface area contributed by atoms with E-state index in [1.54, 1.807) is 11.8 Å². The predicted molar refractivity (Wildman–Crippen MR) is 85.2 cm³/mol. The van der Waals surface area contributed by atoms with Crippen molar-refractivity contribution in [2.75, 3.05) is 0 Å². The van der Waals surface area contributed by atoms with Gasteiger partial charge in [0.15, 0.2) is 5.16 Å². The smallest absolute Gasteiger partial charge is 0.233 e. The van der Waals surface area contributed by atoms with Gasteiger partial charge in [-0.3, -0.25) is 4.79 Å². The van der Waals surface area contributed by atoms with Crippen LogP contribution in [-0.4, -0.2) is 26.8 Å². The third-order valence-electron chi connectivity index (χ3n) is 3.24. The molecule has 1 aromatic rings. The lowest BCUT2D eigenvalue weighted by atomic mass is 10.3. The fourth-order valence-electron chi connectivity index (χ4n) is 1.91. The van der Waals surface area contributed by atoms with E-state index < -0.39 is 0 Å². The highest BCUT2D eigenvalue weighted by atomic mass is 32.2. The van der Waals surface area contributed by atoms with Gasteiger partial charge in [0.2, 0.25) is 5.91 Å². The molecule has 0 aliphatic rings. The zero-order valence-electron chi connectivity index (χ0n) is 13.5. The summed E-state index contributed by atoms with van der Waals surface area (Å²) in [6, 6.07) is 0.175. The average Bonchev–Trinajstić information content (AvgIpc) is 2.62. The first kappa shape index (κ1) is 17.1. The summed E-state index contributed by atoms with van der Waals surface area (Å²) in [4.78, 5) is 16.6. The Bertz CT molecular complexity index is 454. The number of carbonyl (C=O) groups is 1. The second-order valence-electron chi connectivity index (χ2n) is 5.49. The lowest BCUT2D eigenvalue weighted by Gasteiger charge is -2.15. The van der Waals surface area contributed by atoms with E-state index in [1.807, 2.05) is 27.7 Å². The number of imidazole rings is 1. The van der Waals surface area contributed by atoms with E-state index in [1.165, 1.54) is 5.69 Å². The molecular formula is C15H27N3OS. The maximum atomic E-state index is 12.0. The summed E-state index contributed by atoms with van der Waals surface area (Å²) < 4.78 is 2.24. The highest BCUT2D eigenvalue weighted by Gasteiger charge is 2.19. The van der Waals surface area contributed by atoms with Gasteiger partial charge in [-0.05, 0) is 41.0 Å². The molecule has 4 nitrogen and oxygen atoms in total. The SMILES string of the molecule is CCCCn1c(SC(C)C(=O)NC(C)C)nc(C)c1C. The number of nitrogens with one attached hydrogen (secondary N) is 1. The molecule has 114 valence electrons. The summed E-state index contributed by atoms with van der Waals surface area (Å²) in [5, 5.41) is 3.78. The molecule has 0 fully saturated rings. The predicted octanol–water partition coefficient (Wildman–Crippen LogP) is 3.31. The topological polar surface area (TPSA) is 46.9 Å². The van der Waals surface area contributed by atoms with Crippen LogP contribution in [0.15, 0.2) is 5.16 Å². The summed E-state index contributed by atoms with van der Waals surface area (Å²) in [7, 11) is 0. The van der Waals surface area contributed by atoms with Crippen LogP contribution in [0, 0.1) is 13.8 Å². The number of hydrogen-bond acceptors (Lipinski definition) is 3. The summed E-state index contributed by atoms with van der Waals surface area (Å²) in [6.45, 7) is 13.2. The van der Waals surface area contributed by atoms with Crippen molar-refractivity contribution in [2.24, 2.45) is 0 Å². The van der Waals surface area contributed by atoms with Crippen molar-refractivity contribution in [1.82, 2.24) is 14.9 Å². The van der Waals surface area contributed by atoms with E-state index in [-0.39, 0.29) is 17.2 Å². The normalized spacial score (nSPS) is 12.8. The number of aryl methyl sites for hydroxylation is 1. The molecule has 1 N–H and O–H groups in total. The Hall–Kier alpha value is -0.970. The van der Waals surface area contributed by atoms with Crippen molar-refractivity contribution in [3.8, 4) is 0 Å². The van der Waals surface area contributed by atoms with Crippen molar-refractivity contribution in [1.29, 1.82) is 0 Å². The fraction of sp³-hybridized carbons (Fsp3) is 0.733. The number of carbonyl (C=O) groups excluding carboxylic acids is 1. The summed E-state index contributed by atoms with van der Waals surface area (Å²) >= 11 is 1.55. The van der Waals surface area contributed by atoms with Crippen molar-refractivity contribution in [3.63, 3.8) is 0 Å². The van der Waals surface area contributed by atoms with Gasteiger partial charge in [-0.15, -0.1) is 0 Å². The van der Waals surface area contributed by atoms with Crippen LogP contribution < -0.4 is 5.32 Å². The highest BCUT2D eigenvalue weighted by molar-refractivity contribution is 8.00. The molecule has 5 heteroatoms. The molecule has 0 aliphatic heterocycles. The zero-order valence-corrected chi connectivity index (χ0v) is 14.3. The number of rotatable bonds is 7. The highest BCUT2D eigenvalue weighted by Crippen LogP contribution is 2.25. The number of aromatic nitrogens is 2. The monoisotopic (exact) mass is 297 g/mol. The number of amides is 1. The molecule has 0 bridgehead atoms. The van der Waals surface area contributed by atoms with Gasteiger partial charge in [-0.1, -0.05) is 25.1 Å². The molecule has 1 aromatic heterocycles. The maximum absolute atomic E-state index is 12.0. The lowest BCUT2D eigenvalue weighted by Crippen LogP contribution is -2.36. The van der Waals surface area contributed by atoms with Crippen LogP contribution in [0.1, 0.15) is 51.9 Å². The lowest BCUT2D eigenvalue weighted by molar-refractivity contribution is -0.120. The first-order valence-electron chi connectivity index (χ1n) is 7.37. The summed E-state index contributed by atoms with van der Waals surface area (Å²) in [5.74, 6) is 0.0744. The first-order valence-corrected chi connectivity index (χ1v) is 8.25. The van der Waals surface area contributed by atoms with E-state index in [2.05, 4.69) is 28.7 Å². The molecule has 1 amide bonds. The van der Waals surface area contributed by atoms with Crippen LogP contribution in [0.2, 0.25) is 0 Å². The van der Waals surface area contributed by atoms with E-state index in [0.29, 0.717) is 0 Å². The van der Waals surface area contributed by atoms with E-state index >= 15 is 0 Å². The molecule has 0 aliphatic carbocycles. The van der Waals surface area contributed by atoms with E-state index in [4.69, 9.17) is 0 Å². The maximum Gasteiger partial charge on any atom is 0.233 e. The van der Waals surface area contributed by atoms with Crippen LogP contribution >= 0.6 is 11.8 Å². The molecule has 0 radical (unpaired) electrons. The van der Waals surface area contributed by atoms with Crippen LogP contribution in [0.3, 0.4) is 0 Å². The minimum Gasteiger partial charge on any atom is -0.353 e. The average molecular weight is 297 g/mol. The van der Waals surface area contributed by atoms with Crippen molar-refractivity contribution < 1.29 is 4.79 Å². The van der Waals surface area contributed by atoms with Gasteiger partial charge >= 0.3 is 0 Å². The molecule has 0 saturated carbocycles. The van der Waals surface area contributed by atoms with Crippen molar-refractivity contribution in [2.45, 2.75) is 77.4 Å². The minimum absolute atomic E-state index is 0.0744. The van der Waals surface area contributed by atoms with Gasteiger partial charge < -0.3 is 9.88 Å². The van der Waals surface area contributed by atoms with Gasteiger partial charge in [0.25, 0.3) is 0 Å². The summed E-state index contributed by atoms with van der Waals surface area (Å²) in [6.07, 6.45) is 2.29. The minimum atomic E-state index is -0.126. The van der Waals surface area contributed by atoms with Crippen LogP contribution in [0.5, 0.6) is 0 Å². The Morgan fingerprint density at radius 1 is 1.35 bits per heavy atom. The number of hydrogen-bond donors (Lipinski definition) is 1. The second kappa shape index (κ2) is 7.72. The first-order chi connectivity index (χ1) is 9.36. The van der Waals surface area contributed by atoms with E-state index in [9.17, 15) is 4.79 Å². The number of nitrogens with zero attached hydrogens (tertiary/aromatic N) is 2. The van der Waals surface area contributed by atoms with Gasteiger partial charge in [-0.25, -0.2) is 4.98 Å². The molecule has 1 atom stereocenters. The van der Waals surface area contributed by atoms with Crippen molar-refractivity contribution in [3.05, 3.63) is 11.4 Å². The van der Waals surface area contributed by atoms with Crippen LogP contribution in [0.25, 0.3) is 0 Å². The van der Waals surface area contributed by atoms with Gasteiger partial charge in [-0.2, -0.15) is 0 Å². The molecular weight excluding hydrogens is 270 g/mol. The second-order valence-corrected chi connectivity index (χ2v) is 6.80. The molecule has 0 spiro atoms. The fourth-order valence-corrected chi connectivity index (χ4v) is 2.94. The zero-order chi connectivity index (χ0) is 15.3. The third kappa shape index (κ3) is 4.54. The van der Waals surface area contributed by atoms with Gasteiger partial charge in [0, 0.05) is 18.3 Å². The molecule has 0 aromatic carbocycles. The van der Waals surface area contributed by atoms with Gasteiger partial charge in [0.1, 0.15) is 0 Å². The Balaban J connectivity index is 2.80. The molecule has 1 unspecified atom stereocenters. The standard InChI is InChI=1S/C15H27N3OS/c1-7-8-9-18-12(5)11(4)17-15(18)20-13(6)14(19)16-10(2)3/h10,13H,7-9H2,1-6H3,(H,16,19). The Labute approximate surface area is 126 Å². The van der Waals surface area contributed by atoms with E-state index in [0.717, 1.165) is 30.2 Å². The molecule has 20 heavy (non-hydrogen) atoms. The molecule has 1 rings (SSSR count). The molecule has 1 heterocycles. The quantitative estimate of drug-likeness (QED) is 0.785. The van der Waals surface area contributed by atoms with Crippen molar-refractivity contribution >= 4 is 17.7 Å². The number of unbranched alkanes of at least 4 members (excludes halogenated alkanes) is 1. The van der Waals surface area contributed by atoms with Crippen LogP contribution in [0.4, 0.5) is 0 Å². The van der Waals surface area contributed by atoms with Crippen LogP contribution in [-0.2, 0) is 11.3 Å². The number of thioether (sulfide) groups is 1. The largest absolute Gasteiger partial charge is 0.353 e. The molecule has 0 saturated heterocycles. The summed E-state index contributed by atoms with van der Waals surface area (Å²) in [5.41, 5.74) is 2.26. The van der Waals surface area contributed by atoms with Gasteiger partial charge in [0.05, 0.1) is 10.9 Å². The Kier molecular flexibility index (Phi) is 6.59. The third-order valence-corrected chi connectivity index (χ3v) is 4.33. The Morgan fingerprint density at radius 3 is 2.55 bits per heavy atom.